The van der Waals surface area contributed by atoms with Crippen molar-refractivity contribution in [1.29, 1.82) is 0 Å². The van der Waals surface area contributed by atoms with Gasteiger partial charge in [-0.25, -0.2) is 9.59 Å². The summed E-state index contributed by atoms with van der Waals surface area (Å²) >= 11 is 0. The van der Waals surface area contributed by atoms with Gasteiger partial charge in [0.05, 0.1) is 0 Å². The number of carbonyl (C=O) groups excluding carboxylic acids is 2. The first-order chi connectivity index (χ1) is 16.2. The van der Waals surface area contributed by atoms with Gasteiger partial charge in [0.15, 0.2) is 0 Å². The Bertz CT molecular complexity index is 1050. The summed E-state index contributed by atoms with van der Waals surface area (Å²) in [5, 5.41) is 12.3. The van der Waals surface area contributed by atoms with E-state index in [4.69, 9.17) is 4.74 Å². The number of piperidine rings is 1. The Kier molecular flexibility index (Phi) is 6.64. The Hall–Kier alpha value is -3.35. The van der Waals surface area contributed by atoms with Crippen LogP contribution >= 0.6 is 0 Å². The molecule has 2 atom stereocenters. The fourth-order valence-corrected chi connectivity index (χ4v) is 5.19. The molecule has 2 aromatic carbocycles. The van der Waals surface area contributed by atoms with E-state index >= 15 is 0 Å². The maximum atomic E-state index is 13.2. The second-order valence-electron chi connectivity index (χ2n) is 9.73. The maximum Gasteiger partial charge on any atom is 0.408 e. The number of likely N-dealkylation sites (tertiary alicyclic amines) is 1. The number of fused-ring (bicyclic) bond motifs is 3. The predicted molar refractivity (Wildman–Crippen MR) is 128 cm³/mol. The Balaban J connectivity index is 1.42. The van der Waals surface area contributed by atoms with Gasteiger partial charge < -0.3 is 20.1 Å². The van der Waals surface area contributed by atoms with Crippen LogP contribution in [0.15, 0.2) is 48.5 Å². The summed E-state index contributed by atoms with van der Waals surface area (Å²) in [5.74, 6) is -1.23. The van der Waals surface area contributed by atoms with Gasteiger partial charge in [-0.3, -0.25) is 4.79 Å². The minimum absolute atomic E-state index is 0.0820. The lowest BCUT2D eigenvalue weighted by Gasteiger charge is -2.40. The van der Waals surface area contributed by atoms with Gasteiger partial charge in [-0.15, -0.1) is 0 Å². The number of hydrogen-bond acceptors (Lipinski definition) is 4. The second-order valence-corrected chi connectivity index (χ2v) is 9.73. The molecule has 0 radical (unpaired) electrons. The van der Waals surface area contributed by atoms with Gasteiger partial charge in [-0.2, -0.15) is 0 Å². The highest BCUT2D eigenvalue weighted by molar-refractivity contribution is 5.92. The van der Waals surface area contributed by atoms with Crippen molar-refractivity contribution in [2.45, 2.75) is 57.5 Å². The zero-order valence-electron chi connectivity index (χ0n) is 19.9. The van der Waals surface area contributed by atoms with E-state index in [1.807, 2.05) is 43.3 Å². The summed E-state index contributed by atoms with van der Waals surface area (Å²) in [6, 6.07) is 15.3. The molecule has 1 saturated heterocycles. The van der Waals surface area contributed by atoms with Crippen molar-refractivity contribution in [3.05, 3.63) is 59.7 Å². The van der Waals surface area contributed by atoms with Crippen LogP contribution in [-0.2, 0) is 14.3 Å². The van der Waals surface area contributed by atoms with Crippen molar-refractivity contribution in [2.75, 3.05) is 13.2 Å². The van der Waals surface area contributed by atoms with Gasteiger partial charge >= 0.3 is 12.1 Å². The highest BCUT2D eigenvalue weighted by atomic mass is 16.5. The third-order valence-corrected chi connectivity index (χ3v) is 7.13. The van der Waals surface area contributed by atoms with Gasteiger partial charge in [0.1, 0.15) is 18.2 Å². The summed E-state index contributed by atoms with van der Waals surface area (Å²) in [5.41, 5.74) is 3.19. The lowest BCUT2D eigenvalue weighted by molar-refractivity contribution is -0.155. The van der Waals surface area contributed by atoms with Crippen LogP contribution in [0.1, 0.15) is 57.1 Å². The lowest BCUT2D eigenvalue weighted by Crippen LogP contribution is -2.61. The number of nitrogens with one attached hydrogen (secondary N) is 1. The molecule has 4 rings (SSSR count). The maximum absolute atomic E-state index is 13.2. The summed E-state index contributed by atoms with van der Waals surface area (Å²) in [4.78, 5) is 39.2. The molecule has 1 fully saturated rings. The van der Waals surface area contributed by atoms with Crippen LogP contribution in [0.4, 0.5) is 4.79 Å². The van der Waals surface area contributed by atoms with Crippen LogP contribution in [0.25, 0.3) is 11.1 Å². The van der Waals surface area contributed by atoms with E-state index in [-0.39, 0.29) is 18.4 Å². The predicted octanol–water partition coefficient (Wildman–Crippen LogP) is 4.41. The molecule has 1 heterocycles. The van der Waals surface area contributed by atoms with E-state index in [1.54, 1.807) is 13.8 Å². The number of alkyl carbamates (subject to hydrolysis) is 1. The number of carbonyl (C=O) groups is 3. The molecular formula is C27H32N2O5. The first-order valence-electron chi connectivity index (χ1n) is 11.9. The third kappa shape index (κ3) is 4.52. The first kappa shape index (κ1) is 23.8. The highest BCUT2D eigenvalue weighted by Gasteiger charge is 2.42. The molecule has 0 bridgehead atoms. The average molecular weight is 465 g/mol. The minimum Gasteiger partial charge on any atom is -0.480 e. The summed E-state index contributed by atoms with van der Waals surface area (Å²) in [6.07, 6.45) is 1.37. The summed E-state index contributed by atoms with van der Waals surface area (Å²) in [6.45, 7) is 5.71. The van der Waals surface area contributed by atoms with Crippen molar-refractivity contribution >= 4 is 18.0 Å². The largest absolute Gasteiger partial charge is 0.480 e. The zero-order valence-corrected chi connectivity index (χ0v) is 19.9. The van der Waals surface area contributed by atoms with Crippen molar-refractivity contribution in [1.82, 2.24) is 10.2 Å². The highest BCUT2D eigenvalue weighted by Crippen LogP contribution is 2.44. The molecule has 1 aliphatic heterocycles. The Morgan fingerprint density at radius 3 is 2.21 bits per heavy atom. The fourth-order valence-electron chi connectivity index (χ4n) is 5.19. The van der Waals surface area contributed by atoms with Gasteiger partial charge in [0, 0.05) is 12.5 Å². The molecule has 0 spiro atoms. The standard InChI is InChI=1S/C27H32N2O5/c1-4-17-13-14-29(23(15-17)24(30)31)25(32)27(2,3)28-26(33)34-16-22-20-11-7-5-9-18(20)19-10-6-8-12-21(19)22/h5-12,17,22-23H,4,13-16H2,1-3H3,(H,28,33)(H,30,31). The number of aliphatic carboxylic acids is 1. The quantitative estimate of drug-likeness (QED) is 0.660. The van der Waals surface area contributed by atoms with Gasteiger partial charge in [-0.05, 0) is 54.9 Å². The molecule has 0 aromatic heterocycles. The van der Waals surface area contributed by atoms with Crippen LogP contribution in [-0.4, -0.2) is 52.7 Å². The summed E-state index contributed by atoms with van der Waals surface area (Å²) < 4.78 is 5.58. The molecule has 2 aliphatic rings. The molecule has 2 unspecified atom stereocenters. The molecule has 0 saturated carbocycles. The number of carboxylic acid groups (broad SMARTS) is 1. The second kappa shape index (κ2) is 9.49. The van der Waals surface area contributed by atoms with E-state index in [9.17, 15) is 19.5 Å². The Labute approximate surface area is 200 Å². The topological polar surface area (TPSA) is 95.9 Å². The molecule has 2 N–H and O–H groups in total. The number of nitrogens with zero attached hydrogens (tertiary/aromatic N) is 1. The molecule has 2 aromatic rings. The molecular weight excluding hydrogens is 432 g/mol. The van der Waals surface area contributed by atoms with E-state index in [0.717, 1.165) is 35.1 Å². The number of benzene rings is 2. The van der Waals surface area contributed by atoms with E-state index in [1.165, 1.54) is 4.90 Å². The summed E-state index contributed by atoms with van der Waals surface area (Å²) in [7, 11) is 0. The Morgan fingerprint density at radius 1 is 1.06 bits per heavy atom. The number of hydrogen-bond donors (Lipinski definition) is 2. The number of amides is 2. The van der Waals surface area contributed by atoms with E-state index in [2.05, 4.69) is 17.4 Å². The molecule has 7 nitrogen and oxygen atoms in total. The van der Waals surface area contributed by atoms with Crippen molar-refractivity contribution in [3.63, 3.8) is 0 Å². The minimum atomic E-state index is -1.30. The van der Waals surface area contributed by atoms with Crippen molar-refractivity contribution in [2.24, 2.45) is 5.92 Å². The van der Waals surface area contributed by atoms with Gasteiger partial charge in [-0.1, -0.05) is 61.9 Å². The smallest absolute Gasteiger partial charge is 0.408 e. The molecule has 180 valence electrons. The number of rotatable bonds is 6. The SMILES string of the molecule is CCC1CCN(C(=O)C(C)(C)NC(=O)OCC2c3ccccc3-c3ccccc32)C(C(=O)O)C1. The normalized spacial score (nSPS) is 19.8. The fraction of sp³-hybridized carbons (Fsp3) is 0.444. The van der Waals surface area contributed by atoms with Crippen LogP contribution < -0.4 is 5.32 Å². The van der Waals surface area contributed by atoms with Crippen molar-refractivity contribution in [3.8, 4) is 11.1 Å². The number of ether oxygens (including phenoxy) is 1. The molecule has 1 aliphatic carbocycles. The zero-order chi connectivity index (χ0) is 24.5. The van der Waals surface area contributed by atoms with Crippen LogP contribution in [0, 0.1) is 5.92 Å². The van der Waals surface area contributed by atoms with E-state index < -0.39 is 29.6 Å². The van der Waals surface area contributed by atoms with Gasteiger partial charge in [0.25, 0.3) is 0 Å². The van der Waals surface area contributed by atoms with E-state index in [0.29, 0.717) is 13.0 Å². The van der Waals surface area contributed by atoms with Crippen molar-refractivity contribution < 1.29 is 24.2 Å². The van der Waals surface area contributed by atoms with Gasteiger partial charge in [0.2, 0.25) is 5.91 Å². The molecule has 2 amide bonds. The lowest BCUT2D eigenvalue weighted by atomic mass is 9.87. The van der Waals surface area contributed by atoms with Crippen LogP contribution in [0.5, 0.6) is 0 Å². The molecule has 7 heteroatoms. The third-order valence-electron chi connectivity index (χ3n) is 7.13. The Morgan fingerprint density at radius 2 is 1.65 bits per heavy atom. The monoisotopic (exact) mass is 464 g/mol. The van der Waals surface area contributed by atoms with Crippen LogP contribution in [0.3, 0.4) is 0 Å². The average Bonchev–Trinajstić information content (AvgIpc) is 3.15. The van der Waals surface area contributed by atoms with Crippen LogP contribution in [0.2, 0.25) is 0 Å². The first-order valence-corrected chi connectivity index (χ1v) is 11.9. The molecule has 34 heavy (non-hydrogen) atoms. The number of carboxylic acids is 1.